The molecule has 1 fully saturated rings. The molecule has 0 aliphatic carbocycles. The molecule has 4 heteroatoms. The van der Waals surface area contributed by atoms with Crippen LogP contribution in [0.5, 0.6) is 0 Å². The summed E-state index contributed by atoms with van der Waals surface area (Å²) in [5.74, 6) is 0.575. The van der Waals surface area contributed by atoms with Crippen LogP contribution in [-0.4, -0.2) is 55.3 Å². The zero-order valence-corrected chi connectivity index (χ0v) is 10.7. The summed E-state index contributed by atoms with van der Waals surface area (Å²) in [4.78, 5) is 2.36. The standard InChI is InChI=1S/C11H22ClNO2/c1-9(2)14-5-4-13-7-10(3)15-11(6-12)8-13/h9-11H,4-8H2,1-3H3. The Morgan fingerprint density at radius 3 is 2.80 bits per heavy atom. The van der Waals surface area contributed by atoms with Gasteiger partial charge in [-0.1, -0.05) is 0 Å². The van der Waals surface area contributed by atoms with E-state index in [-0.39, 0.29) is 12.2 Å². The van der Waals surface area contributed by atoms with Gasteiger partial charge >= 0.3 is 0 Å². The van der Waals surface area contributed by atoms with E-state index in [4.69, 9.17) is 21.1 Å². The Hall–Kier alpha value is 0.170. The lowest BCUT2D eigenvalue weighted by atomic mass is 10.2. The highest BCUT2D eigenvalue weighted by atomic mass is 35.5. The highest BCUT2D eigenvalue weighted by Crippen LogP contribution is 2.11. The van der Waals surface area contributed by atoms with E-state index in [0.29, 0.717) is 12.0 Å². The van der Waals surface area contributed by atoms with Crippen molar-refractivity contribution in [1.82, 2.24) is 4.90 Å². The normalized spacial score (nSPS) is 28.6. The lowest BCUT2D eigenvalue weighted by molar-refractivity contribution is -0.0734. The first-order valence-corrected chi connectivity index (χ1v) is 6.20. The molecule has 0 saturated carbocycles. The first-order chi connectivity index (χ1) is 7.11. The highest BCUT2D eigenvalue weighted by molar-refractivity contribution is 6.18. The Morgan fingerprint density at radius 1 is 1.47 bits per heavy atom. The third kappa shape index (κ3) is 5.16. The van der Waals surface area contributed by atoms with Gasteiger partial charge in [-0.05, 0) is 20.8 Å². The molecule has 0 aromatic rings. The van der Waals surface area contributed by atoms with Crippen molar-refractivity contribution in [1.29, 1.82) is 0 Å². The van der Waals surface area contributed by atoms with E-state index in [0.717, 1.165) is 26.2 Å². The molecular weight excluding hydrogens is 214 g/mol. The minimum absolute atomic E-state index is 0.175. The summed E-state index contributed by atoms with van der Waals surface area (Å²) in [7, 11) is 0. The van der Waals surface area contributed by atoms with Crippen molar-refractivity contribution in [2.45, 2.75) is 39.1 Å². The number of nitrogens with zero attached hydrogens (tertiary/aromatic N) is 1. The summed E-state index contributed by atoms with van der Waals surface area (Å²) in [6.45, 7) is 9.88. The van der Waals surface area contributed by atoms with Gasteiger partial charge < -0.3 is 9.47 Å². The van der Waals surface area contributed by atoms with Gasteiger partial charge in [-0.25, -0.2) is 0 Å². The van der Waals surface area contributed by atoms with E-state index >= 15 is 0 Å². The predicted octanol–water partition coefficient (Wildman–Crippen LogP) is 1.74. The summed E-state index contributed by atoms with van der Waals surface area (Å²) in [5, 5.41) is 0. The summed E-state index contributed by atoms with van der Waals surface area (Å²) in [6.07, 6.45) is 0.767. The first kappa shape index (κ1) is 13.2. The van der Waals surface area contributed by atoms with E-state index in [9.17, 15) is 0 Å². The first-order valence-electron chi connectivity index (χ1n) is 5.67. The van der Waals surface area contributed by atoms with Gasteiger partial charge in [0.05, 0.1) is 24.9 Å². The number of alkyl halides is 1. The fraction of sp³-hybridized carbons (Fsp3) is 1.00. The van der Waals surface area contributed by atoms with Crippen LogP contribution in [-0.2, 0) is 9.47 Å². The van der Waals surface area contributed by atoms with Crippen molar-refractivity contribution in [3.8, 4) is 0 Å². The van der Waals surface area contributed by atoms with Gasteiger partial charge in [-0.15, -0.1) is 11.6 Å². The highest BCUT2D eigenvalue weighted by Gasteiger charge is 2.24. The van der Waals surface area contributed by atoms with Gasteiger partial charge in [0.1, 0.15) is 0 Å². The third-order valence-corrected chi connectivity index (χ3v) is 2.78. The molecule has 1 rings (SSSR count). The number of morpholine rings is 1. The predicted molar refractivity (Wildman–Crippen MR) is 62.6 cm³/mol. The maximum atomic E-state index is 5.81. The molecule has 0 bridgehead atoms. The molecule has 0 amide bonds. The second kappa shape index (κ2) is 6.69. The lowest BCUT2D eigenvalue weighted by Crippen LogP contribution is -2.48. The van der Waals surface area contributed by atoms with Crippen LogP contribution in [0, 0.1) is 0 Å². The SMILES string of the molecule is CC(C)OCCN1CC(C)OC(CCl)C1. The fourth-order valence-corrected chi connectivity index (χ4v) is 2.00. The summed E-state index contributed by atoms with van der Waals surface area (Å²) >= 11 is 5.81. The maximum Gasteiger partial charge on any atom is 0.0841 e. The molecule has 2 unspecified atom stereocenters. The molecule has 90 valence electrons. The van der Waals surface area contributed by atoms with Crippen molar-refractivity contribution in [2.24, 2.45) is 0 Å². The lowest BCUT2D eigenvalue weighted by Gasteiger charge is -2.36. The number of ether oxygens (including phenoxy) is 2. The number of halogens is 1. The number of hydrogen-bond acceptors (Lipinski definition) is 3. The van der Waals surface area contributed by atoms with Crippen LogP contribution in [0.25, 0.3) is 0 Å². The van der Waals surface area contributed by atoms with E-state index in [1.54, 1.807) is 0 Å². The van der Waals surface area contributed by atoms with E-state index in [1.165, 1.54) is 0 Å². The van der Waals surface area contributed by atoms with E-state index < -0.39 is 0 Å². The van der Waals surface area contributed by atoms with Crippen LogP contribution >= 0.6 is 11.6 Å². The molecule has 1 saturated heterocycles. The van der Waals surface area contributed by atoms with Crippen molar-refractivity contribution in [3.63, 3.8) is 0 Å². The quantitative estimate of drug-likeness (QED) is 0.678. The van der Waals surface area contributed by atoms with Crippen LogP contribution in [0.2, 0.25) is 0 Å². The van der Waals surface area contributed by atoms with Crippen LogP contribution < -0.4 is 0 Å². The minimum atomic E-state index is 0.175. The second-order valence-corrected chi connectivity index (χ2v) is 4.71. The number of rotatable bonds is 5. The van der Waals surface area contributed by atoms with Crippen LogP contribution in [0.1, 0.15) is 20.8 Å². The fourth-order valence-electron chi connectivity index (χ4n) is 1.83. The molecule has 0 N–H and O–H groups in total. The van der Waals surface area contributed by atoms with Crippen LogP contribution in [0.15, 0.2) is 0 Å². The van der Waals surface area contributed by atoms with Crippen molar-refractivity contribution in [3.05, 3.63) is 0 Å². The molecular formula is C11H22ClNO2. The smallest absolute Gasteiger partial charge is 0.0841 e. The Balaban J connectivity index is 2.22. The van der Waals surface area contributed by atoms with Crippen molar-refractivity contribution >= 4 is 11.6 Å². The average molecular weight is 236 g/mol. The molecule has 3 nitrogen and oxygen atoms in total. The van der Waals surface area contributed by atoms with E-state index in [2.05, 4.69) is 25.7 Å². The Labute approximate surface area is 97.7 Å². The molecule has 1 aliphatic heterocycles. The summed E-state index contributed by atoms with van der Waals surface area (Å²) in [5.41, 5.74) is 0. The molecule has 0 aromatic heterocycles. The zero-order chi connectivity index (χ0) is 11.3. The summed E-state index contributed by atoms with van der Waals surface area (Å²) in [6, 6.07) is 0. The second-order valence-electron chi connectivity index (χ2n) is 4.40. The monoisotopic (exact) mass is 235 g/mol. The molecule has 2 atom stereocenters. The number of hydrogen-bond donors (Lipinski definition) is 0. The molecule has 15 heavy (non-hydrogen) atoms. The molecule has 0 aromatic carbocycles. The third-order valence-electron chi connectivity index (χ3n) is 2.43. The van der Waals surface area contributed by atoms with Gasteiger partial charge in [-0.2, -0.15) is 0 Å². The minimum Gasteiger partial charge on any atom is -0.377 e. The largest absolute Gasteiger partial charge is 0.377 e. The van der Waals surface area contributed by atoms with Gasteiger partial charge in [0.15, 0.2) is 0 Å². The van der Waals surface area contributed by atoms with Crippen molar-refractivity contribution in [2.75, 3.05) is 32.1 Å². The van der Waals surface area contributed by atoms with Crippen LogP contribution in [0.4, 0.5) is 0 Å². The maximum absolute atomic E-state index is 5.81. The Kier molecular flexibility index (Phi) is 5.90. The average Bonchev–Trinajstić information content (AvgIpc) is 2.16. The molecule has 0 spiro atoms. The summed E-state index contributed by atoms with van der Waals surface area (Å²) < 4.78 is 11.2. The van der Waals surface area contributed by atoms with Crippen LogP contribution in [0.3, 0.4) is 0 Å². The van der Waals surface area contributed by atoms with Crippen molar-refractivity contribution < 1.29 is 9.47 Å². The Bertz CT molecular complexity index is 178. The molecule has 1 aliphatic rings. The molecule has 1 heterocycles. The van der Waals surface area contributed by atoms with Gasteiger partial charge in [-0.3, -0.25) is 4.90 Å². The van der Waals surface area contributed by atoms with Gasteiger partial charge in [0.25, 0.3) is 0 Å². The molecule has 0 radical (unpaired) electrons. The van der Waals surface area contributed by atoms with Gasteiger partial charge in [0.2, 0.25) is 0 Å². The topological polar surface area (TPSA) is 21.7 Å². The Morgan fingerprint density at radius 2 is 2.20 bits per heavy atom. The zero-order valence-electron chi connectivity index (χ0n) is 9.91. The van der Waals surface area contributed by atoms with Gasteiger partial charge in [0, 0.05) is 25.5 Å². The van der Waals surface area contributed by atoms with E-state index in [1.807, 2.05) is 0 Å².